The average molecular weight is 789 g/mol. The summed E-state index contributed by atoms with van der Waals surface area (Å²) >= 11 is 0.974. The molecule has 2 fully saturated rings. The number of amides is 2. The summed E-state index contributed by atoms with van der Waals surface area (Å²) in [5.74, 6) is -1.44. The fourth-order valence-corrected chi connectivity index (χ4v) is 7.34. The number of carboxylic acid groups (broad SMARTS) is 1. The number of carbonyl (C=O) groups excluding carboxylic acids is 2. The van der Waals surface area contributed by atoms with E-state index < -0.39 is 57.2 Å². The number of rotatable bonds is 15. The van der Waals surface area contributed by atoms with E-state index in [1.54, 1.807) is 6.07 Å². The number of carbonyl (C=O) groups is 3. The van der Waals surface area contributed by atoms with Gasteiger partial charge in [-0.25, -0.2) is 14.3 Å². The second-order valence-corrected chi connectivity index (χ2v) is 15.8. The number of aliphatic carboxylic acids is 1. The first-order valence-electron chi connectivity index (χ1n) is 17.0. The third kappa shape index (κ3) is 7.95. The predicted molar refractivity (Wildman–Crippen MR) is 194 cm³/mol. The van der Waals surface area contributed by atoms with Gasteiger partial charge in [-0.2, -0.15) is 13.5 Å². The first-order chi connectivity index (χ1) is 25.5. The van der Waals surface area contributed by atoms with Crippen LogP contribution in [-0.4, -0.2) is 101 Å². The smallest absolute Gasteiger partial charge is 0.418 e. The Bertz CT molecular complexity index is 2090. The average Bonchev–Trinajstić information content (AvgIpc) is 3.54. The van der Waals surface area contributed by atoms with E-state index in [0.29, 0.717) is 36.2 Å². The Kier molecular flexibility index (Phi) is 10.8. The van der Waals surface area contributed by atoms with E-state index in [4.69, 9.17) is 25.6 Å². The molecule has 1 aromatic carbocycles. The van der Waals surface area contributed by atoms with Crippen molar-refractivity contribution in [2.75, 3.05) is 37.2 Å². The van der Waals surface area contributed by atoms with Crippen molar-refractivity contribution in [2.45, 2.75) is 63.4 Å². The SMILES string of the molecule is CC(O/N=C(\C(=O)N[C@@H]1C(=O)N(OS(=O)(=O)O)C1(C)C)c1csc(N)n1)(C(=O)O)[C@H]1CCc2cc(-c3ccc(NCCN)[n+](CC4CNC4)c3)ccc2O1. The first kappa shape index (κ1) is 38.8. The summed E-state index contributed by atoms with van der Waals surface area (Å²) in [6, 6.07) is 8.43. The van der Waals surface area contributed by atoms with E-state index in [1.807, 2.05) is 24.3 Å². The molecule has 3 aliphatic rings. The van der Waals surface area contributed by atoms with Gasteiger partial charge in [-0.1, -0.05) is 11.2 Å². The molecule has 0 spiro atoms. The van der Waals surface area contributed by atoms with Crippen molar-refractivity contribution in [1.82, 2.24) is 20.7 Å². The Labute approximate surface area is 314 Å². The minimum Gasteiger partial charge on any atom is -0.485 e. The van der Waals surface area contributed by atoms with Crippen molar-refractivity contribution in [1.29, 1.82) is 0 Å². The minimum absolute atomic E-state index is 0.0653. The lowest BCUT2D eigenvalue weighted by atomic mass is 9.84. The van der Waals surface area contributed by atoms with Gasteiger partial charge in [-0.3, -0.25) is 19.5 Å². The molecule has 290 valence electrons. The Hall–Kier alpha value is -4.93. The van der Waals surface area contributed by atoms with Crippen LogP contribution in [0.5, 0.6) is 5.75 Å². The Morgan fingerprint density at radius 2 is 2.00 bits per heavy atom. The molecule has 0 aliphatic carbocycles. The van der Waals surface area contributed by atoms with Crippen LogP contribution in [0.25, 0.3) is 11.1 Å². The molecule has 0 saturated carbocycles. The van der Waals surface area contributed by atoms with Gasteiger partial charge >= 0.3 is 16.4 Å². The summed E-state index contributed by atoms with van der Waals surface area (Å²) in [6.07, 6.45) is 1.73. The van der Waals surface area contributed by atoms with Crippen LogP contribution in [0.4, 0.5) is 10.9 Å². The zero-order valence-electron chi connectivity index (χ0n) is 29.6. The molecule has 9 N–H and O–H groups in total. The number of aryl methyl sites for hydroxylation is 1. The van der Waals surface area contributed by atoms with E-state index in [-0.39, 0.29) is 17.2 Å². The number of ether oxygens (including phenoxy) is 1. The molecule has 1 unspecified atom stereocenters. The molecule has 3 aliphatic heterocycles. The molecular weight excluding hydrogens is 747 g/mol. The number of fused-ring (bicyclic) bond motifs is 1. The number of nitrogens with zero attached hydrogens (tertiary/aromatic N) is 4. The molecule has 6 rings (SSSR count). The quantitative estimate of drug-likeness (QED) is 0.0353. The summed E-state index contributed by atoms with van der Waals surface area (Å²) < 4.78 is 44.2. The number of hydroxylamine groups is 2. The van der Waals surface area contributed by atoms with Crippen molar-refractivity contribution in [2.24, 2.45) is 16.8 Å². The van der Waals surface area contributed by atoms with Crippen molar-refractivity contribution in [3.63, 3.8) is 0 Å². The molecule has 2 amide bonds. The number of nitrogens with one attached hydrogen (secondary N) is 3. The van der Waals surface area contributed by atoms with Gasteiger partial charge in [0.15, 0.2) is 16.9 Å². The minimum atomic E-state index is -5.03. The van der Waals surface area contributed by atoms with Gasteiger partial charge < -0.3 is 36.8 Å². The summed E-state index contributed by atoms with van der Waals surface area (Å²) in [4.78, 5) is 48.7. The third-order valence-electron chi connectivity index (χ3n) is 9.60. The number of nitrogen functional groups attached to an aromatic ring is 1. The Balaban J connectivity index is 1.21. The molecule has 3 aromatic rings. The molecule has 0 bridgehead atoms. The number of nitrogens with two attached hydrogens (primary N) is 2. The van der Waals surface area contributed by atoms with Crippen LogP contribution in [0, 0.1) is 5.92 Å². The van der Waals surface area contributed by atoms with Crippen LogP contribution in [0.2, 0.25) is 0 Å². The van der Waals surface area contributed by atoms with E-state index in [1.165, 1.54) is 26.2 Å². The number of anilines is 2. The first-order valence-corrected chi connectivity index (χ1v) is 19.3. The van der Waals surface area contributed by atoms with Gasteiger partial charge in [0.1, 0.15) is 17.5 Å². The molecule has 2 aromatic heterocycles. The predicted octanol–water partition coefficient (Wildman–Crippen LogP) is 0.0676. The van der Waals surface area contributed by atoms with Crippen LogP contribution >= 0.6 is 11.3 Å². The fourth-order valence-electron chi connectivity index (χ4n) is 6.34. The normalized spacial score (nSPS) is 20.8. The Morgan fingerprint density at radius 1 is 1.26 bits per heavy atom. The number of benzene rings is 1. The third-order valence-corrected chi connectivity index (χ3v) is 10.6. The van der Waals surface area contributed by atoms with Crippen molar-refractivity contribution < 1.29 is 50.9 Å². The van der Waals surface area contributed by atoms with Crippen LogP contribution in [0.1, 0.15) is 38.4 Å². The standard InChI is InChI=1S/C33H41N9O10S2/c1-32(2)27(29(44)42(32)52-54(47,48)49)39-28(43)26(22-17-53-31(35)38-22)40-51-33(3,30(45)46)24-8-5-20-12-19(4-7-23(20)50-24)21-6-9-25(37-11-10-34)41(16-21)15-18-13-36-14-18/h4,6-7,9,12,16-18,24,27,36H,5,8,10-11,13-15,34H2,1-3H3,(H5,35,38,39,43,45,46,47,48,49)/p+1/b40-26-/t24-,27-,33?/m1/s1. The molecule has 0 radical (unpaired) electrons. The lowest BCUT2D eigenvalue weighted by molar-refractivity contribution is -0.690. The topological polar surface area (TPSA) is 274 Å². The number of carboxylic acids is 1. The van der Waals surface area contributed by atoms with Crippen molar-refractivity contribution in [3.05, 3.63) is 53.2 Å². The maximum Gasteiger partial charge on any atom is 0.418 e. The van der Waals surface area contributed by atoms with Crippen LogP contribution in [0.3, 0.4) is 0 Å². The molecule has 54 heavy (non-hydrogen) atoms. The van der Waals surface area contributed by atoms with Gasteiger partial charge in [0.05, 0.1) is 24.8 Å². The number of thiazole rings is 1. The highest BCUT2D eigenvalue weighted by Gasteiger charge is 2.58. The van der Waals surface area contributed by atoms with Crippen LogP contribution < -0.4 is 36.7 Å². The van der Waals surface area contributed by atoms with Gasteiger partial charge in [-0.15, -0.1) is 15.6 Å². The monoisotopic (exact) mass is 788 g/mol. The molecule has 3 atom stereocenters. The van der Waals surface area contributed by atoms with Gasteiger partial charge in [0, 0.05) is 42.6 Å². The summed E-state index contributed by atoms with van der Waals surface area (Å²) in [5.41, 5.74) is 10.2. The van der Waals surface area contributed by atoms with E-state index in [2.05, 4.69) is 41.1 Å². The highest BCUT2D eigenvalue weighted by Crippen LogP contribution is 2.37. The summed E-state index contributed by atoms with van der Waals surface area (Å²) in [6.45, 7) is 7.95. The second-order valence-electron chi connectivity index (χ2n) is 13.9. The summed E-state index contributed by atoms with van der Waals surface area (Å²) in [7, 11) is -5.03. The van der Waals surface area contributed by atoms with Crippen LogP contribution in [-0.2, 0) is 46.9 Å². The van der Waals surface area contributed by atoms with Crippen molar-refractivity contribution >= 4 is 56.2 Å². The zero-order valence-corrected chi connectivity index (χ0v) is 31.3. The van der Waals surface area contributed by atoms with Gasteiger partial charge in [0.2, 0.25) is 0 Å². The highest BCUT2D eigenvalue weighted by molar-refractivity contribution is 7.80. The van der Waals surface area contributed by atoms with Crippen molar-refractivity contribution in [3.8, 4) is 16.9 Å². The second kappa shape index (κ2) is 15.1. The molecule has 2 saturated heterocycles. The largest absolute Gasteiger partial charge is 0.485 e. The number of β-lactam (4-membered cyclic amide) rings is 1. The fraction of sp³-hybridized carbons (Fsp3) is 0.455. The molecular formula is C33H42N9O10S2+. The number of hydrogen-bond acceptors (Lipinski definition) is 15. The Morgan fingerprint density at radius 3 is 2.61 bits per heavy atom. The lowest BCUT2D eigenvalue weighted by Crippen LogP contribution is -2.76. The van der Waals surface area contributed by atoms with E-state index in [9.17, 15) is 27.9 Å². The summed E-state index contributed by atoms with van der Waals surface area (Å²) in [5, 5.41) is 25.3. The van der Waals surface area contributed by atoms with E-state index in [0.717, 1.165) is 53.5 Å². The van der Waals surface area contributed by atoms with Crippen LogP contribution in [0.15, 0.2) is 47.1 Å². The maximum absolute atomic E-state index is 13.5. The number of aromatic nitrogens is 2. The maximum atomic E-state index is 13.5. The van der Waals surface area contributed by atoms with Gasteiger partial charge in [-0.05, 0) is 62.9 Å². The number of pyridine rings is 1. The number of oxime groups is 1. The molecule has 21 heteroatoms. The zero-order chi connectivity index (χ0) is 39.0. The highest BCUT2D eigenvalue weighted by atomic mass is 32.3. The van der Waals surface area contributed by atoms with E-state index >= 15 is 0 Å². The van der Waals surface area contributed by atoms with Gasteiger partial charge in [0.25, 0.3) is 23.2 Å². The number of hydrogen-bond donors (Lipinski definition) is 7. The molecule has 19 nitrogen and oxygen atoms in total. The lowest BCUT2D eigenvalue weighted by Gasteiger charge is -2.50. The molecule has 5 heterocycles.